The van der Waals surface area contributed by atoms with Gasteiger partial charge in [-0.2, -0.15) is 0 Å². The van der Waals surface area contributed by atoms with Gasteiger partial charge in [-0.05, 0) is 38.8 Å². The Morgan fingerprint density at radius 2 is 2.12 bits per heavy atom. The van der Waals surface area contributed by atoms with Crippen molar-refractivity contribution < 1.29 is 9.21 Å². The molecule has 6 heteroatoms. The Labute approximate surface area is 145 Å². The lowest BCUT2D eigenvalue weighted by molar-refractivity contribution is -0.134. The summed E-state index contributed by atoms with van der Waals surface area (Å²) in [6.07, 6.45) is 4.57. The van der Waals surface area contributed by atoms with E-state index in [1.807, 2.05) is 36.3 Å². The fourth-order valence-electron chi connectivity index (χ4n) is 3.36. The SMILES string of the molecule is Cc1ccc([C@H]2CCCCCN2C(=O)CCn2c(C)csc2=O)o1. The lowest BCUT2D eigenvalue weighted by Crippen LogP contribution is -2.35. The maximum absolute atomic E-state index is 12.8. The summed E-state index contributed by atoms with van der Waals surface area (Å²) in [5.74, 6) is 1.86. The summed E-state index contributed by atoms with van der Waals surface area (Å²) in [6, 6.07) is 3.96. The van der Waals surface area contributed by atoms with Crippen molar-refractivity contribution in [1.29, 1.82) is 0 Å². The lowest BCUT2D eigenvalue weighted by Gasteiger charge is -2.29. The molecular weight excluding hydrogens is 324 g/mol. The van der Waals surface area contributed by atoms with E-state index in [1.165, 1.54) is 11.3 Å². The molecule has 2 aromatic rings. The number of carbonyl (C=O) groups is 1. The molecule has 1 aliphatic rings. The van der Waals surface area contributed by atoms with Gasteiger partial charge in [0.2, 0.25) is 5.91 Å². The van der Waals surface area contributed by atoms with Crippen LogP contribution >= 0.6 is 11.3 Å². The van der Waals surface area contributed by atoms with Crippen molar-refractivity contribution in [3.8, 4) is 0 Å². The molecule has 1 amide bonds. The third-order valence-electron chi connectivity index (χ3n) is 4.69. The number of aryl methyl sites for hydroxylation is 2. The third-order valence-corrected chi connectivity index (χ3v) is 5.57. The quantitative estimate of drug-likeness (QED) is 0.847. The zero-order valence-electron chi connectivity index (χ0n) is 14.3. The van der Waals surface area contributed by atoms with Gasteiger partial charge in [-0.15, -0.1) is 0 Å². The molecule has 0 radical (unpaired) electrons. The minimum atomic E-state index is 0.00868. The first-order valence-corrected chi connectivity index (χ1v) is 9.45. The summed E-state index contributed by atoms with van der Waals surface area (Å²) in [4.78, 5) is 26.6. The van der Waals surface area contributed by atoms with Crippen molar-refractivity contribution in [2.45, 2.75) is 58.5 Å². The fraction of sp³-hybridized carbons (Fsp3) is 0.556. The van der Waals surface area contributed by atoms with Crippen LogP contribution in [0.5, 0.6) is 0 Å². The maximum atomic E-state index is 12.8. The minimum Gasteiger partial charge on any atom is -0.464 e. The van der Waals surface area contributed by atoms with Crippen molar-refractivity contribution in [1.82, 2.24) is 9.47 Å². The van der Waals surface area contributed by atoms with Gasteiger partial charge in [-0.25, -0.2) is 0 Å². The van der Waals surface area contributed by atoms with Gasteiger partial charge >= 0.3 is 4.87 Å². The first kappa shape index (κ1) is 17.0. The fourth-order valence-corrected chi connectivity index (χ4v) is 4.12. The lowest BCUT2D eigenvalue weighted by atomic mass is 10.1. The Kier molecular flexibility index (Phi) is 5.23. The molecule has 1 fully saturated rings. The molecule has 5 nitrogen and oxygen atoms in total. The van der Waals surface area contributed by atoms with Gasteiger partial charge in [0.1, 0.15) is 11.5 Å². The van der Waals surface area contributed by atoms with Gasteiger partial charge in [0.15, 0.2) is 0 Å². The van der Waals surface area contributed by atoms with Gasteiger partial charge in [0.05, 0.1) is 6.04 Å². The summed E-state index contributed by atoms with van der Waals surface area (Å²) in [7, 11) is 0. The number of amides is 1. The van der Waals surface area contributed by atoms with E-state index in [2.05, 4.69) is 0 Å². The number of hydrogen-bond acceptors (Lipinski definition) is 4. The van der Waals surface area contributed by atoms with Crippen LogP contribution in [-0.2, 0) is 11.3 Å². The smallest absolute Gasteiger partial charge is 0.307 e. The van der Waals surface area contributed by atoms with Gasteiger partial charge in [-0.1, -0.05) is 24.2 Å². The molecule has 130 valence electrons. The highest BCUT2D eigenvalue weighted by Gasteiger charge is 2.28. The number of rotatable bonds is 4. The molecule has 1 saturated heterocycles. The Balaban J connectivity index is 1.73. The number of nitrogens with zero attached hydrogens (tertiary/aromatic N) is 2. The highest BCUT2D eigenvalue weighted by atomic mass is 32.1. The molecule has 1 aliphatic heterocycles. The second kappa shape index (κ2) is 7.38. The van der Waals surface area contributed by atoms with E-state index in [-0.39, 0.29) is 16.8 Å². The van der Waals surface area contributed by atoms with Gasteiger partial charge in [0, 0.05) is 30.6 Å². The topological polar surface area (TPSA) is 55.5 Å². The Morgan fingerprint density at radius 3 is 2.79 bits per heavy atom. The highest BCUT2D eigenvalue weighted by molar-refractivity contribution is 7.07. The second-order valence-electron chi connectivity index (χ2n) is 6.45. The number of likely N-dealkylation sites (tertiary alicyclic amines) is 1. The normalized spacial score (nSPS) is 18.6. The van der Waals surface area contributed by atoms with Gasteiger partial charge < -0.3 is 13.9 Å². The zero-order valence-corrected chi connectivity index (χ0v) is 15.1. The van der Waals surface area contributed by atoms with Crippen molar-refractivity contribution in [3.05, 3.63) is 44.4 Å². The average molecular weight is 348 g/mol. The van der Waals surface area contributed by atoms with E-state index >= 15 is 0 Å². The molecule has 24 heavy (non-hydrogen) atoms. The minimum absolute atomic E-state index is 0.00868. The van der Waals surface area contributed by atoms with Crippen molar-refractivity contribution in [2.24, 2.45) is 0 Å². The second-order valence-corrected chi connectivity index (χ2v) is 7.27. The number of furan rings is 1. The van der Waals surface area contributed by atoms with E-state index in [4.69, 9.17) is 4.42 Å². The number of carbonyl (C=O) groups excluding carboxylic acids is 1. The number of hydrogen-bond donors (Lipinski definition) is 0. The van der Waals surface area contributed by atoms with E-state index in [9.17, 15) is 9.59 Å². The highest BCUT2D eigenvalue weighted by Crippen LogP contribution is 2.31. The van der Waals surface area contributed by atoms with Crippen molar-refractivity contribution in [3.63, 3.8) is 0 Å². The van der Waals surface area contributed by atoms with Crippen molar-refractivity contribution in [2.75, 3.05) is 6.54 Å². The van der Waals surface area contributed by atoms with E-state index in [0.717, 1.165) is 49.4 Å². The van der Waals surface area contributed by atoms with Crippen LogP contribution in [0.1, 0.15) is 55.4 Å². The van der Waals surface area contributed by atoms with Crippen LogP contribution in [-0.4, -0.2) is 21.9 Å². The third kappa shape index (κ3) is 3.64. The average Bonchev–Trinajstić information content (AvgIpc) is 3.02. The monoisotopic (exact) mass is 348 g/mol. The van der Waals surface area contributed by atoms with Crippen LogP contribution in [0.15, 0.2) is 26.7 Å². The molecule has 0 N–H and O–H groups in total. The Morgan fingerprint density at radius 1 is 1.29 bits per heavy atom. The van der Waals surface area contributed by atoms with Gasteiger partial charge in [0.25, 0.3) is 0 Å². The summed E-state index contributed by atoms with van der Waals surface area (Å²) >= 11 is 1.19. The predicted octanol–water partition coefficient (Wildman–Crippen LogP) is 3.65. The molecule has 1 atom stereocenters. The Bertz CT molecular complexity index is 758. The maximum Gasteiger partial charge on any atom is 0.307 e. The van der Waals surface area contributed by atoms with Crippen LogP contribution in [0.4, 0.5) is 0 Å². The van der Waals surface area contributed by atoms with Crippen LogP contribution in [0.25, 0.3) is 0 Å². The number of aromatic nitrogens is 1. The molecule has 0 saturated carbocycles. The molecule has 0 aromatic carbocycles. The van der Waals surface area contributed by atoms with E-state index < -0.39 is 0 Å². The first-order valence-electron chi connectivity index (χ1n) is 8.57. The Hall–Kier alpha value is -1.82. The first-order chi connectivity index (χ1) is 11.6. The largest absolute Gasteiger partial charge is 0.464 e. The molecule has 0 bridgehead atoms. The molecular formula is C18H24N2O3S. The summed E-state index contributed by atoms with van der Waals surface area (Å²) < 4.78 is 7.49. The molecule has 0 spiro atoms. The molecule has 3 rings (SSSR count). The molecule has 0 aliphatic carbocycles. The summed E-state index contributed by atoms with van der Waals surface area (Å²) in [6.45, 7) is 5.05. The van der Waals surface area contributed by atoms with Crippen LogP contribution in [0.3, 0.4) is 0 Å². The van der Waals surface area contributed by atoms with E-state index in [0.29, 0.717) is 13.0 Å². The van der Waals surface area contributed by atoms with E-state index in [1.54, 1.807) is 4.57 Å². The van der Waals surface area contributed by atoms with Crippen LogP contribution in [0.2, 0.25) is 0 Å². The zero-order chi connectivity index (χ0) is 17.1. The standard InChI is InChI=1S/C18H24N2O3S/c1-13-12-24-18(22)19(13)11-9-17(21)20-10-5-3-4-6-15(20)16-8-7-14(2)23-16/h7-8,12,15H,3-6,9-11H2,1-2H3/t15-/m1/s1. The van der Waals surface area contributed by atoms with Crippen LogP contribution < -0.4 is 4.87 Å². The molecule has 0 unspecified atom stereocenters. The van der Waals surface area contributed by atoms with Crippen LogP contribution in [0, 0.1) is 13.8 Å². The number of thiazole rings is 1. The van der Waals surface area contributed by atoms with Crippen molar-refractivity contribution >= 4 is 17.2 Å². The molecule has 2 aromatic heterocycles. The summed E-state index contributed by atoms with van der Waals surface area (Å²) in [5.41, 5.74) is 0.923. The summed E-state index contributed by atoms with van der Waals surface area (Å²) in [5, 5.41) is 1.84. The predicted molar refractivity (Wildman–Crippen MR) is 94.3 cm³/mol. The van der Waals surface area contributed by atoms with Gasteiger partial charge in [-0.3, -0.25) is 9.59 Å². The molecule has 3 heterocycles.